The van der Waals surface area contributed by atoms with Gasteiger partial charge in [0.15, 0.2) is 0 Å². The smallest absolute Gasteiger partial charge is 0.243 e. The molecule has 144 valence electrons. The van der Waals surface area contributed by atoms with Crippen molar-refractivity contribution in [3.8, 4) is 0 Å². The summed E-state index contributed by atoms with van der Waals surface area (Å²) in [5.41, 5.74) is 0. The summed E-state index contributed by atoms with van der Waals surface area (Å²) in [6.45, 7) is 1.24. The van der Waals surface area contributed by atoms with Crippen molar-refractivity contribution in [2.75, 3.05) is 13.1 Å². The largest absolute Gasteiger partial charge is 0.350 e. The van der Waals surface area contributed by atoms with E-state index in [1.807, 2.05) is 0 Å². The number of amides is 4. The van der Waals surface area contributed by atoms with Crippen LogP contribution in [0.15, 0.2) is 0 Å². The molecule has 3 aliphatic rings. The Labute approximate surface area is 153 Å². The van der Waals surface area contributed by atoms with Crippen LogP contribution in [0.5, 0.6) is 0 Å². The van der Waals surface area contributed by atoms with E-state index in [0.717, 1.165) is 51.3 Å². The molecule has 2 aliphatic heterocycles. The first kappa shape index (κ1) is 18.7. The zero-order chi connectivity index (χ0) is 18.5. The van der Waals surface area contributed by atoms with Crippen LogP contribution in [0, 0.1) is 0 Å². The molecule has 8 nitrogen and oxygen atoms in total. The van der Waals surface area contributed by atoms with Crippen molar-refractivity contribution < 1.29 is 19.2 Å². The molecule has 2 saturated heterocycles. The highest BCUT2D eigenvalue weighted by Gasteiger charge is 2.36. The lowest BCUT2D eigenvalue weighted by molar-refractivity contribution is -0.133. The number of carbonyl (C=O) groups is 4. The van der Waals surface area contributed by atoms with Crippen molar-refractivity contribution in [3.05, 3.63) is 0 Å². The molecule has 8 heteroatoms. The average Bonchev–Trinajstić information content (AvgIpc) is 3.32. The van der Waals surface area contributed by atoms with Gasteiger partial charge in [0, 0.05) is 25.2 Å². The minimum Gasteiger partial charge on any atom is -0.350 e. The third kappa shape index (κ3) is 3.99. The van der Waals surface area contributed by atoms with E-state index in [1.54, 1.807) is 9.80 Å². The molecule has 1 aliphatic carbocycles. The van der Waals surface area contributed by atoms with E-state index in [1.165, 1.54) is 0 Å². The maximum atomic E-state index is 12.6. The van der Waals surface area contributed by atoms with Gasteiger partial charge in [-0.2, -0.15) is 0 Å². The Kier molecular flexibility index (Phi) is 6.11. The Morgan fingerprint density at radius 2 is 1.12 bits per heavy atom. The molecule has 4 atom stereocenters. The zero-order valence-corrected chi connectivity index (χ0v) is 15.1. The number of nitrogens with one attached hydrogen (secondary N) is 2. The first-order valence-electron chi connectivity index (χ1n) is 9.67. The van der Waals surface area contributed by atoms with Crippen LogP contribution in [0.3, 0.4) is 0 Å². The van der Waals surface area contributed by atoms with Gasteiger partial charge in [0.05, 0.1) is 0 Å². The van der Waals surface area contributed by atoms with Gasteiger partial charge in [0.25, 0.3) is 0 Å². The molecular weight excluding hydrogens is 336 g/mol. The minimum absolute atomic E-state index is 0.125. The molecule has 3 rings (SSSR count). The molecule has 2 N–H and O–H groups in total. The summed E-state index contributed by atoms with van der Waals surface area (Å²) >= 11 is 0. The number of likely N-dealkylation sites (tertiary alicyclic amines) is 2. The number of carbonyl (C=O) groups excluding carboxylic acids is 4. The van der Waals surface area contributed by atoms with Crippen molar-refractivity contribution >= 4 is 24.6 Å². The van der Waals surface area contributed by atoms with Gasteiger partial charge in [0.2, 0.25) is 24.6 Å². The maximum Gasteiger partial charge on any atom is 0.243 e. The second kappa shape index (κ2) is 8.51. The first-order valence-corrected chi connectivity index (χ1v) is 9.67. The molecule has 0 aromatic carbocycles. The Bertz CT molecular complexity index is 507. The lowest BCUT2D eigenvalue weighted by Crippen LogP contribution is -2.58. The molecule has 4 amide bonds. The highest BCUT2D eigenvalue weighted by Crippen LogP contribution is 2.22. The van der Waals surface area contributed by atoms with Crippen molar-refractivity contribution in [2.45, 2.75) is 75.5 Å². The molecule has 0 spiro atoms. The van der Waals surface area contributed by atoms with Gasteiger partial charge in [-0.15, -0.1) is 0 Å². The van der Waals surface area contributed by atoms with E-state index in [4.69, 9.17) is 0 Å². The fraction of sp³-hybridized carbons (Fsp3) is 0.778. The molecule has 0 aromatic rings. The van der Waals surface area contributed by atoms with Crippen LogP contribution < -0.4 is 10.6 Å². The fourth-order valence-electron chi connectivity index (χ4n) is 4.43. The second-order valence-corrected chi connectivity index (χ2v) is 7.52. The van der Waals surface area contributed by atoms with E-state index in [0.29, 0.717) is 25.9 Å². The Morgan fingerprint density at radius 1 is 0.692 bits per heavy atom. The maximum absolute atomic E-state index is 12.6. The van der Waals surface area contributed by atoms with Crippen LogP contribution in [-0.4, -0.2) is 71.7 Å². The highest BCUT2D eigenvalue weighted by atomic mass is 16.2. The molecule has 26 heavy (non-hydrogen) atoms. The third-order valence-electron chi connectivity index (χ3n) is 5.89. The topological polar surface area (TPSA) is 98.8 Å². The monoisotopic (exact) mass is 364 g/mol. The van der Waals surface area contributed by atoms with Crippen LogP contribution in [0.1, 0.15) is 51.4 Å². The van der Waals surface area contributed by atoms with Gasteiger partial charge in [-0.3, -0.25) is 19.2 Å². The number of hydrogen-bond acceptors (Lipinski definition) is 4. The van der Waals surface area contributed by atoms with E-state index in [-0.39, 0.29) is 23.9 Å². The van der Waals surface area contributed by atoms with Gasteiger partial charge in [-0.05, 0) is 38.5 Å². The van der Waals surface area contributed by atoms with E-state index in [9.17, 15) is 19.2 Å². The van der Waals surface area contributed by atoms with E-state index < -0.39 is 12.1 Å². The van der Waals surface area contributed by atoms with Gasteiger partial charge in [-0.1, -0.05) is 12.8 Å². The number of hydrogen-bond donors (Lipinski definition) is 2. The summed E-state index contributed by atoms with van der Waals surface area (Å²) < 4.78 is 0. The van der Waals surface area contributed by atoms with Crippen LogP contribution in [0.4, 0.5) is 0 Å². The molecular formula is C18H28N4O4. The Hall–Kier alpha value is -2.12. The second-order valence-electron chi connectivity index (χ2n) is 7.52. The predicted octanol–water partition coefficient (Wildman–Crippen LogP) is -0.228. The SMILES string of the molecule is O=CN1CCC[C@H]1C(=O)N[C@@H]1CCCC[C@H]1NC(=O)[C@@H]1CCCN1C=O. The van der Waals surface area contributed by atoms with Crippen molar-refractivity contribution in [1.82, 2.24) is 20.4 Å². The Morgan fingerprint density at radius 3 is 1.50 bits per heavy atom. The normalized spacial score (nSPS) is 31.5. The summed E-state index contributed by atoms with van der Waals surface area (Å²) in [5.74, 6) is -0.257. The summed E-state index contributed by atoms with van der Waals surface area (Å²) in [7, 11) is 0. The lowest BCUT2D eigenvalue weighted by Gasteiger charge is -2.35. The van der Waals surface area contributed by atoms with Gasteiger partial charge >= 0.3 is 0 Å². The summed E-state index contributed by atoms with van der Waals surface area (Å²) in [5, 5.41) is 6.12. The van der Waals surface area contributed by atoms with E-state index >= 15 is 0 Å². The van der Waals surface area contributed by atoms with Crippen LogP contribution >= 0.6 is 0 Å². The zero-order valence-electron chi connectivity index (χ0n) is 15.1. The third-order valence-corrected chi connectivity index (χ3v) is 5.89. The minimum atomic E-state index is -0.397. The molecule has 0 bridgehead atoms. The summed E-state index contributed by atoms with van der Waals surface area (Å²) in [4.78, 5) is 50.4. The average molecular weight is 364 g/mol. The summed E-state index contributed by atoms with van der Waals surface area (Å²) in [6, 6.07) is -1.04. The molecule has 0 aromatic heterocycles. The molecule has 3 fully saturated rings. The molecule has 0 radical (unpaired) electrons. The van der Waals surface area contributed by atoms with Crippen molar-refractivity contribution in [3.63, 3.8) is 0 Å². The number of nitrogens with zero attached hydrogens (tertiary/aromatic N) is 2. The van der Waals surface area contributed by atoms with Crippen LogP contribution in [-0.2, 0) is 19.2 Å². The predicted molar refractivity (Wildman–Crippen MR) is 93.9 cm³/mol. The summed E-state index contributed by atoms with van der Waals surface area (Å²) in [6.07, 6.45) is 8.16. The Balaban J connectivity index is 1.59. The molecule has 1 saturated carbocycles. The lowest BCUT2D eigenvalue weighted by atomic mass is 9.89. The molecule has 0 unspecified atom stereocenters. The highest BCUT2D eigenvalue weighted by molar-refractivity contribution is 5.85. The van der Waals surface area contributed by atoms with Crippen molar-refractivity contribution in [1.29, 1.82) is 0 Å². The standard InChI is InChI=1S/C18H28N4O4/c23-11-21-9-3-7-15(21)17(25)19-13-5-1-2-6-14(13)20-18(26)16-8-4-10-22(16)12-24/h11-16H,1-10H2,(H,19,25)(H,20,26)/t13-,14-,15+,16+/m1/s1. The van der Waals surface area contributed by atoms with Gasteiger partial charge in [0.1, 0.15) is 12.1 Å². The fourth-order valence-corrected chi connectivity index (χ4v) is 4.43. The van der Waals surface area contributed by atoms with Crippen LogP contribution in [0.2, 0.25) is 0 Å². The quantitative estimate of drug-likeness (QED) is 0.636. The van der Waals surface area contributed by atoms with Gasteiger partial charge < -0.3 is 20.4 Å². The van der Waals surface area contributed by atoms with Gasteiger partial charge in [-0.25, -0.2) is 0 Å². The van der Waals surface area contributed by atoms with Crippen LogP contribution in [0.25, 0.3) is 0 Å². The van der Waals surface area contributed by atoms with Crippen molar-refractivity contribution in [2.24, 2.45) is 0 Å². The number of rotatable bonds is 6. The van der Waals surface area contributed by atoms with E-state index in [2.05, 4.69) is 10.6 Å². The first-order chi connectivity index (χ1) is 12.6. The molecule has 2 heterocycles.